The summed E-state index contributed by atoms with van der Waals surface area (Å²) < 4.78 is 0. The van der Waals surface area contributed by atoms with Gasteiger partial charge >= 0.3 is 0 Å². The minimum Gasteiger partial charge on any atom is -0.313 e. The second-order valence-corrected chi connectivity index (χ2v) is 3.76. The summed E-state index contributed by atoms with van der Waals surface area (Å²) in [4.78, 5) is 1.94. The lowest BCUT2D eigenvalue weighted by Crippen LogP contribution is -2.49. The molecule has 0 saturated carbocycles. The Morgan fingerprint density at radius 3 is 2.36 bits per heavy atom. The molecule has 0 aromatic rings. The SMILES string of the molecule is CC1CCC(N(CC#N)CC#N)CN1. The molecule has 0 radical (unpaired) electrons. The van der Waals surface area contributed by atoms with Gasteiger partial charge in [0.2, 0.25) is 0 Å². The van der Waals surface area contributed by atoms with Crippen LogP contribution in [0, 0.1) is 22.7 Å². The average molecular weight is 192 g/mol. The Morgan fingerprint density at radius 2 is 1.93 bits per heavy atom. The molecule has 0 spiro atoms. The summed E-state index contributed by atoms with van der Waals surface area (Å²) in [6.45, 7) is 3.77. The van der Waals surface area contributed by atoms with Crippen molar-refractivity contribution >= 4 is 0 Å². The van der Waals surface area contributed by atoms with Crippen LogP contribution in [0.3, 0.4) is 0 Å². The lowest BCUT2D eigenvalue weighted by molar-refractivity contribution is 0.189. The van der Waals surface area contributed by atoms with Gasteiger partial charge in [-0.15, -0.1) is 0 Å². The number of piperidine rings is 1. The maximum absolute atomic E-state index is 8.62. The fraction of sp³-hybridized carbons (Fsp3) is 0.800. The van der Waals surface area contributed by atoms with E-state index in [2.05, 4.69) is 24.4 Å². The molecule has 1 aliphatic heterocycles. The first-order valence-corrected chi connectivity index (χ1v) is 4.99. The third-order valence-electron chi connectivity index (χ3n) is 2.70. The zero-order valence-electron chi connectivity index (χ0n) is 8.53. The quantitative estimate of drug-likeness (QED) is 0.660. The van der Waals surface area contributed by atoms with Crippen LogP contribution in [0.1, 0.15) is 19.8 Å². The molecule has 0 bridgehead atoms. The number of hydrogen-bond donors (Lipinski definition) is 1. The molecule has 0 aliphatic carbocycles. The molecule has 76 valence electrons. The minimum atomic E-state index is 0.352. The molecule has 4 heteroatoms. The van der Waals surface area contributed by atoms with Gasteiger partial charge in [0.1, 0.15) is 0 Å². The lowest BCUT2D eigenvalue weighted by atomic mass is 10.0. The molecular formula is C10H16N4. The van der Waals surface area contributed by atoms with E-state index >= 15 is 0 Å². The minimum absolute atomic E-state index is 0.352. The van der Waals surface area contributed by atoms with E-state index in [1.807, 2.05) is 4.90 Å². The molecule has 0 aromatic carbocycles. The van der Waals surface area contributed by atoms with Crippen LogP contribution < -0.4 is 5.32 Å². The number of rotatable bonds is 3. The molecule has 2 atom stereocenters. The van der Waals surface area contributed by atoms with Gasteiger partial charge in [-0.05, 0) is 19.8 Å². The van der Waals surface area contributed by atoms with Gasteiger partial charge in [0, 0.05) is 18.6 Å². The van der Waals surface area contributed by atoms with Crippen LogP contribution in [0.25, 0.3) is 0 Å². The molecule has 2 unspecified atom stereocenters. The number of nitrogens with zero attached hydrogens (tertiary/aromatic N) is 3. The Balaban J connectivity index is 2.44. The predicted octanol–water partition coefficient (Wildman–Crippen LogP) is 0.476. The van der Waals surface area contributed by atoms with E-state index in [1.165, 1.54) is 0 Å². The molecule has 0 amide bonds. The van der Waals surface area contributed by atoms with Crippen molar-refractivity contribution in [2.24, 2.45) is 0 Å². The predicted molar refractivity (Wildman–Crippen MR) is 53.3 cm³/mol. The summed E-state index contributed by atoms with van der Waals surface area (Å²) in [6.07, 6.45) is 2.20. The molecule has 4 nitrogen and oxygen atoms in total. The van der Waals surface area contributed by atoms with Gasteiger partial charge < -0.3 is 5.32 Å². The maximum Gasteiger partial charge on any atom is 0.0877 e. The fourth-order valence-corrected chi connectivity index (χ4v) is 1.79. The van der Waals surface area contributed by atoms with Crippen LogP contribution in [0.2, 0.25) is 0 Å². The van der Waals surface area contributed by atoms with E-state index in [1.54, 1.807) is 0 Å². The van der Waals surface area contributed by atoms with E-state index in [9.17, 15) is 0 Å². The Labute approximate surface area is 85.1 Å². The lowest BCUT2D eigenvalue weighted by Gasteiger charge is -2.34. The van der Waals surface area contributed by atoms with Crippen LogP contribution in [-0.4, -0.2) is 36.6 Å². The Morgan fingerprint density at radius 1 is 1.29 bits per heavy atom. The van der Waals surface area contributed by atoms with E-state index in [0.717, 1.165) is 19.4 Å². The van der Waals surface area contributed by atoms with Gasteiger partial charge in [0.05, 0.1) is 25.2 Å². The molecule has 1 N–H and O–H groups in total. The van der Waals surface area contributed by atoms with Crippen LogP contribution in [0.5, 0.6) is 0 Å². The van der Waals surface area contributed by atoms with E-state index in [4.69, 9.17) is 10.5 Å². The smallest absolute Gasteiger partial charge is 0.0877 e. The number of nitriles is 2. The van der Waals surface area contributed by atoms with Gasteiger partial charge in [0.25, 0.3) is 0 Å². The van der Waals surface area contributed by atoms with E-state index in [-0.39, 0.29) is 0 Å². The maximum atomic E-state index is 8.62. The van der Waals surface area contributed by atoms with Crippen molar-refractivity contribution in [3.05, 3.63) is 0 Å². The highest BCUT2D eigenvalue weighted by Gasteiger charge is 2.22. The first-order chi connectivity index (χ1) is 6.77. The summed E-state index contributed by atoms with van der Waals surface area (Å²) in [6, 6.07) is 5.14. The standard InChI is InChI=1S/C10H16N4/c1-9-2-3-10(8-13-9)14(6-4-11)7-5-12/h9-10,13H,2-3,6-8H2,1H3. The Bertz CT molecular complexity index is 226. The third-order valence-corrected chi connectivity index (χ3v) is 2.70. The molecular weight excluding hydrogens is 176 g/mol. The highest BCUT2D eigenvalue weighted by atomic mass is 15.2. The topological polar surface area (TPSA) is 62.9 Å². The van der Waals surface area contributed by atoms with Crippen LogP contribution in [0.4, 0.5) is 0 Å². The van der Waals surface area contributed by atoms with Crippen molar-refractivity contribution in [3.63, 3.8) is 0 Å². The highest BCUT2D eigenvalue weighted by Crippen LogP contribution is 2.13. The monoisotopic (exact) mass is 192 g/mol. The van der Waals surface area contributed by atoms with Gasteiger partial charge in [-0.2, -0.15) is 10.5 Å². The highest BCUT2D eigenvalue weighted by molar-refractivity contribution is 4.91. The van der Waals surface area contributed by atoms with Crippen molar-refractivity contribution in [2.45, 2.75) is 31.8 Å². The average Bonchev–Trinajstić information content (AvgIpc) is 2.19. The molecule has 1 aliphatic rings. The second kappa shape index (κ2) is 5.59. The Hall–Kier alpha value is -1.10. The summed E-state index contributed by atoms with van der Waals surface area (Å²) >= 11 is 0. The zero-order chi connectivity index (χ0) is 10.4. The Kier molecular flexibility index (Phi) is 4.39. The van der Waals surface area contributed by atoms with Crippen molar-refractivity contribution < 1.29 is 0 Å². The van der Waals surface area contributed by atoms with Gasteiger partial charge in [0.15, 0.2) is 0 Å². The van der Waals surface area contributed by atoms with Crippen molar-refractivity contribution in [1.82, 2.24) is 10.2 Å². The molecule has 1 heterocycles. The second-order valence-electron chi connectivity index (χ2n) is 3.76. The third kappa shape index (κ3) is 2.99. The van der Waals surface area contributed by atoms with Crippen LogP contribution in [0.15, 0.2) is 0 Å². The number of nitrogens with one attached hydrogen (secondary N) is 1. The van der Waals surface area contributed by atoms with Crippen molar-refractivity contribution in [3.8, 4) is 12.1 Å². The summed E-state index contributed by atoms with van der Waals surface area (Å²) in [5.74, 6) is 0. The van der Waals surface area contributed by atoms with Crippen LogP contribution in [-0.2, 0) is 0 Å². The number of hydrogen-bond acceptors (Lipinski definition) is 4. The molecule has 14 heavy (non-hydrogen) atoms. The molecule has 1 fully saturated rings. The summed E-state index contributed by atoms with van der Waals surface area (Å²) in [5.41, 5.74) is 0. The summed E-state index contributed by atoms with van der Waals surface area (Å²) in [7, 11) is 0. The molecule has 1 rings (SSSR count). The fourth-order valence-electron chi connectivity index (χ4n) is 1.79. The van der Waals surface area contributed by atoms with Crippen molar-refractivity contribution in [2.75, 3.05) is 19.6 Å². The summed E-state index contributed by atoms with van der Waals surface area (Å²) in [5, 5.41) is 20.6. The van der Waals surface area contributed by atoms with E-state index in [0.29, 0.717) is 25.2 Å². The van der Waals surface area contributed by atoms with Gasteiger partial charge in [-0.1, -0.05) is 0 Å². The molecule has 1 saturated heterocycles. The van der Waals surface area contributed by atoms with Crippen LogP contribution >= 0.6 is 0 Å². The van der Waals surface area contributed by atoms with Crippen molar-refractivity contribution in [1.29, 1.82) is 10.5 Å². The largest absolute Gasteiger partial charge is 0.313 e. The first kappa shape index (κ1) is 11.0. The normalized spacial score (nSPS) is 26.9. The first-order valence-electron chi connectivity index (χ1n) is 4.99. The molecule has 0 aromatic heterocycles. The van der Waals surface area contributed by atoms with Gasteiger partial charge in [-0.3, -0.25) is 4.90 Å². The van der Waals surface area contributed by atoms with Gasteiger partial charge in [-0.25, -0.2) is 0 Å². The van der Waals surface area contributed by atoms with E-state index < -0.39 is 0 Å². The zero-order valence-corrected chi connectivity index (χ0v) is 8.53.